The summed E-state index contributed by atoms with van der Waals surface area (Å²) < 4.78 is 0. The molecule has 5 heterocycles. The number of piperidine rings is 2. The topological polar surface area (TPSA) is 48.5 Å². The molecule has 1 aromatic heterocycles. The molecule has 5 nitrogen and oxygen atoms in total. The number of nitrogens with zero attached hydrogens (tertiary/aromatic N) is 3. The van der Waals surface area contributed by atoms with Crippen molar-refractivity contribution in [2.75, 3.05) is 39.3 Å². The first-order valence-corrected chi connectivity index (χ1v) is 10.6. The van der Waals surface area contributed by atoms with Crippen LogP contribution < -0.4 is 5.32 Å². The summed E-state index contributed by atoms with van der Waals surface area (Å²) in [6.07, 6.45) is 0. The van der Waals surface area contributed by atoms with Crippen molar-refractivity contribution in [1.29, 1.82) is 0 Å². The highest BCUT2D eigenvalue weighted by Crippen LogP contribution is 2.43. The number of rotatable bonds is 3. The Balaban J connectivity index is 1.53. The molecule has 6 rings (SSSR count). The number of fused-ring (bicyclic) bond motifs is 1. The molecule has 142 valence electrons. The highest BCUT2D eigenvalue weighted by Gasteiger charge is 2.55. The summed E-state index contributed by atoms with van der Waals surface area (Å²) in [6.45, 7) is 10.4. The first-order chi connectivity index (χ1) is 13.0. The molecule has 2 aromatic rings. The van der Waals surface area contributed by atoms with Gasteiger partial charge in [0.2, 0.25) is 0 Å². The second kappa shape index (κ2) is 6.40. The van der Waals surface area contributed by atoms with E-state index in [-0.39, 0.29) is 17.4 Å². The van der Waals surface area contributed by atoms with E-state index in [0.717, 1.165) is 54.8 Å². The van der Waals surface area contributed by atoms with Gasteiger partial charge in [-0.3, -0.25) is 4.79 Å². The highest BCUT2D eigenvalue weighted by molar-refractivity contribution is 7.13. The van der Waals surface area contributed by atoms with E-state index in [0.29, 0.717) is 5.92 Å². The van der Waals surface area contributed by atoms with Crippen LogP contribution in [0.3, 0.4) is 0 Å². The molecule has 3 atom stereocenters. The summed E-state index contributed by atoms with van der Waals surface area (Å²) in [6, 6.07) is 11.0. The lowest BCUT2D eigenvalue weighted by Gasteiger charge is -2.55. The minimum Gasteiger partial charge on any atom is -0.347 e. The molecule has 4 bridgehead atoms. The summed E-state index contributed by atoms with van der Waals surface area (Å²) in [7, 11) is 0. The van der Waals surface area contributed by atoms with Crippen molar-refractivity contribution >= 4 is 17.2 Å². The lowest BCUT2D eigenvalue weighted by molar-refractivity contribution is 0.0181. The average Bonchev–Trinajstić information content (AvgIpc) is 2.82. The molecule has 4 aliphatic heterocycles. The van der Waals surface area contributed by atoms with Gasteiger partial charge >= 0.3 is 0 Å². The molecule has 2 unspecified atom stereocenters. The zero-order valence-electron chi connectivity index (χ0n) is 15.9. The smallest absolute Gasteiger partial charge is 0.263 e. The molecular weight excluding hydrogens is 356 g/mol. The zero-order chi connectivity index (χ0) is 18.6. The van der Waals surface area contributed by atoms with Crippen molar-refractivity contribution in [3.05, 3.63) is 51.5 Å². The van der Waals surface area contributed by atoms with Crippen molar-refractivity contribution < 1.29 is 4.79 Å². The molecule has 1 N–H and O–H groups in total. The summed E-state index contributed by atoms with van der Waals surface area (Å²) in [4.78, 5) is 23.6. The molecule has 27 heavy (non-hydrogen) atoms. The van der Waals surface area contributed by atoms with Gasteiger partial charge in [-0.2, -0.15) is 0 Å². The molecule has 4 saturated heterocycles. The van der Waals surface area contributed by atoms with Gasteiger partial charge in [-0.25, -0.2) is 4.98 Å². The second-order valence-electron chi connectivity index (χ2n) is 8.35. The Kier molecular flexibility index (Phi) is 4.11. The van der Waals surface area contributed by atoms with Crippen LogP contribution in [0.25, 0.3) is 0 Å². The van der Waals surface area contributed by atoms with Crippen LogP contribution in [-0.4, -0.2) is 66.0 Å². The van der Waals surface area contributed by atoms with Crippen molar-refractivity contribution in [3.63, 3.8) is 0 Å². The summed E-state index contributed by atoms with van der Waals surface area (Å²) >= 11 is 1.50. The van der Waals surface area contributed by atoms with Gasteiger partial charge in [-0.15, -0.1) is 11.3 Å². The van der Waals surface area contributed by atoms with Crippen molar-refractivity contribution in [2.24, 2.45) is 5.92 Å². The number of thiazole rings is 1. The quantitative estimate of drug-likeness (QED) is 0.883. The van der Waals surface area contributed by atoms with Crippen LogP contribution in [0.2, 0.25) is 0 Å². The predicted octanol–water partition coefficient (Wildman–Crippen LogP) is 2.06. The Morgan fingerprint density at radius 3 is 2.41 bits per heavy atom. The van der Waals surface area contributed by atoms with E-state index in [4.69, 9.17) is 0 Å². The monoisotopic (exact) mass is 382 g/mol. The second-order valence-corrected chi connectivity index (χ2v) is 9.55. The molecule has 0 spiro atoms. The first-order valence-electron chi connectivity index (χ1n) is 9.80. The zero-order valence-corrected chi connectivity index (χ0v) is 16.8. The van der Waals surface area contributed by atoms with Crippen molar-refractivity contribution in [2.45, 2.75) is 25.3 Å². The Morgan fingerprint density at radius 2 is 1.81 bits per heavy atom. The molecule has 4 aliphatic rings. The van der Waals surface area contributed by atoms with Crippen LogP contribution in [-0.2, 0) is 5.41 Å². The maximum absolute atomic E-state index is 13.2. The third-order valence-electron chi connectivity index (χ3n) is 6.54. The van der Waals surface area contributed by atoms with Crippen molar-refractivity contribution in [1.82, 2.24) is 20.1 Å². The third-order valence-corrected chi connectivity index (χ3v) is 7.61. The third kappa shape index (κ3) is 2.82. The Hall–Kier alpha value is -1.76. The number of nitrogens with one attached hydrogen (secondary N) is 1. The number of aromatic nitrogens is 1. The van der Waals surface area contributed by atoms with E-state index in [1.807, 2.05) is 13.8 Å². The lowest BCUT2D eigenvalue weighted by atomic mass is 9.64. The number of amides is 1. The van der Waals surface area contributed by atoms with Crippen LogP contribution in [0.5, 0.6) is 0 Å². The maximum atomic E-state index is 13.2. The summed E-state index contributed by atoms with van der Waals surface area (Å²) in [5.41, 5.74) is 2.16. The van der Waals surface area contributed by atoms with E-state index < -0.39 is 0 Å². The van der Waals surface area contributed by atoms with E-state index in [1.54, 1.807) is 0 Å². The van der Waals surface area contributed by atoms with E-state index in [2.05, 4.69) is 50.4 Å². The van der Waals surface area contributed by atoms with Gasteiger partial charge in [0.15, 0.2) is 0 Å². The van der Waals surface area contributed by atoms with Gasteiger partial charge in [-0.05, 0) is 19.4 Å². The van der Waals surface area contributed by atoms with Crippen LogP contribution in [0.1, 0.15) is 25.9 Å². The highest BCUT2D eigenvalue weighted by atomic mass is 32.1. The fourth-order valence-corrected chi connectivity index (χ4v) is 6.34. The normalized spacial score (nSPS) is 34.4. The molecule has 0 radical (unpaired) electrons. The number of hydrogen-bond acceptors (Lipinski definition) is 5. The average molecular weight is 383 g/mol. The fraction of sp³-hybridized carbons (Fsp3) is 0.524. The molecule has 0 saturated carbocycles. The van der Waals surface area contributed by atoms with E-state index >= 15 is 0 Å². The van der Waals surface area contributed by atoms with Gasteiger partial charge < -0.3 is 15.1 Å². The molecule has 4 fully saturated rings. The SMILES string of the molecule is Cc1nc(C)c(C(=O)N[C@@H]2C3CN4CCN(C3)CC2(c2ccccc2)C4)s1. The lowest BCUT2D eigenvalue weighted by Crippen LogP contribution is -2.70. The van der Waals surface area contributed by atoms with Crippen LogP contribution >= 0.6 is 11.3 Å². The van der Waals surface area contributed by atoms with E-state index in [1.165, 1.54) is 16.9 Å². The van der Waals surface area contributed by atoms with Crippen LogP contribution in [0.15, 0.2) is 30.3 Å². The number of benzene rings is 1. The van der Waals surface area contributed by atoms with Gasteiger partial charge in [0.25, 0.3) is 5.91 Å². The Bertz CT molecular complexity index is 848. The van der Waals surface area contributed by atoms with Gasteiger partial charge in [0, 0.05) is 56.6 Å². The number of carbonyl (C=O) groups excluding carboxylic acids is 1. The molecule has 1 aromatic carbocycles. The first kappa shape index (κ1) is 17.3. The van der Waals surface area contributed by atoms with Gasteiger partial charge in [0.05, 0.1) is 10.7 Å². The maximum Gasteiger partial charge on any atom is 0.263 e. The minimum atomic E-state index is -0.0395. The van der Waals surface area contributed by atoms with Crippen LogP contribution in [0, 0.1) is 19.8 Å². The van der Waals surface area contributed by atoms with E-state index in [9.17, 15) is 4.79 Å². The Labute approximate surface area is 164 Å². The minimum absolute atomic E-state index is 0.0395. The van der Waals surface area contributed by atoms with Crippen LogP contribution in [0.4, 0.5) is 0 Å². The summed E-state index contributed by atoms with van der Waals surface area (Å²) in [5, 5.41) is 4.43. The largest absolute Gasteiger partial charge is 0.347 e. The molecular formula is C21H26N4OS. The number of aryl methyl sites for hydroxylation is 2. The number of carbonyl (C=O) groups is 1. The van der Waals surface area contributed by atoms with Gasteiger partial charge in [0.1, 0.15) is 4.88 Å². The van der Waals surface area contributed by atoms with Crippen molar-refractivity contribution in [3.8, 4) is 0 Å². The molecule has 1 amide bonds. The fourth-order valence-electron chi connectivity index (χ4n) is 5.52. The van der Waals surface area contributed by atoms with Gasteiger partial charge in [-0.1, -0.05) is 30.3 Å². The Morgan fingerprint density at radius 1 is 1.15 bits per heavy atom. The standard InChI is InChI=1S/C21H26N4OS/c1-14-18(27-15(2)22-14)20(26)23-19-16-10-24-8-9-25(11-16)13-21(19,12-24)17-6-4-3-5-7-17/h3-7,16,19H,8-13H2,1-2H3,(H,23,26)/t16?,19-,21?/m1/s1. The summed E-state index contributed by atoms with van der Waals surface area (Å²) in [5.74, 6) is 0.517. The number of hydrogen-bond donors (Lipinski definition) is 1. The molecule has 6 heteroatoms. The predicted molar refractivity (Wildman–Crippen MR) is 107 cm³/mol. The molecule has 0 aliphatic carbocycles.